The second-order valence-electron chi connectivity index (χ2n) is 4.92. The quantitative estimate of drug-likeness (QED) is 0.528. The van der Waals surface area contributed by atoms with E-state index in [9.17, 15) is 0 Å². The molecular formula is C14H28N2. The van der Waals surface area contributed by atoms with Crippen LogP contribution in [0.4, 0.5) is 0 Å². The minimum atomic E-state index is 0.646. The molecule has 1 rings (SSSR count). The molecule has 2 nitrogen and oxygen atoms in total. The van der Waals surface area contributed by atoms with Crippen LogP contribution >= 0.6 is 0 Å². The Morgan fingerprint density at radius 1 is 1.38 bits per heavy atom. The molecular weight excluding hydrogens is 196 g/mol. The second kappa shape index (κ2) is 7.86. The van der Waals surface area contributed by atoms with Gasteiger partial charge in [0.1, 0.15) is 0 Å². The molecule has 1 unspecified atom stereocenters. The molecule has 0 amide bonds. The maximum absolute atomic E-state index is 3.74. The molecule has 0 spiro atoms. The summed E-state index contributed by atoms with van der Waals surface area (Å²) in [5.41, 5.74) is 0. The van der Waals surface area contributed by atoms with E-state index in [0.717, 1.165) is 19.1 Å². The smallest absolute Gasteiger partial charge is 0.0195 e. The van der Waals surface area contributed by atoms with Crippen LogP contribution in [0.5, 0.6) is 0 Å². The lowest BCUT2D eigenvalue weighted by atomic mass is 9.93. The SMILES string of the molecule is C=CCNCC(C)N(CC)C1CCCCC1. The van der Waals surface area contributed by atoms with E-state index in [0.29, 0.717) is 6.04 Å². The van der Waals surface area contributed by atoms with Gasteiger partial charge >= 0.3 is 0 Å². The maximum atomic E-state index is 3.74. The number of hydrogen-bond acceptors (Lipinski definition) is 2. The fourth-order valence-electron chi connectivity index (χ4n) is 2.85. The highest BCUT2D eigenvalue weighted by Gasteiger charge is 2.23. The summed E-state index contributed by atoms with van der Waals surface area (Å²) in [7, 11) is 0. The van der Waals surface area contributed by atoms with E-state index in [1.807, 2.05) is 6.08 Å². The largest absolute Gasteiger partial charge is 0.312 e. The number of hydrogen-bond donors (Lipinski definition) is 1. The molecule has 16 heavy (non-hydrogen) atoms. The van der Waals surface area contributed by atoms with Crippen molar-refractivity contribution < 1.29 is 0 Å². The first-order chi connectivity index (χ1) is 7.79. The van der Waals surface area contributed by atoms with Gasteiger partial charge in [0.25, 0.3) is 0 Å². The molecule has 1 N–H and O–H groups in total. The van der Waals surface area contributed by atoms with Crippen molar-refractivity contribution in [1.29, 1.82) is 0 Å². The van der Waals surface area contributed by atoms with Crippen molar-refractivity contribution in [2.75, 3.05) is 19.6 Å². The lowest BCUT2D eigenvalue weighted by Gasteiger charge is -2.38. The Morgan fingerprint density at radius 2 is 2.06 bits per heavy atom. The van der Waals surface area contributed by atoms with Crippen LogP contribution in [0.2, 0.25) is 0 Å². The topological polar surface area (TPSA) is 15.3 Å². The average Bonchev–Trinajstić information content (AvgIpc) is 2.32. The van der Waals surface area contributed by atoms with Gasteiger partial charge in [-0.1, -0.05) is 32.3 Å². The highest BCUT2D eigenvalue weighted by molar-refractivity contribution is 4.81. The molecule has 94 valence electrons. The van der Waals surface area contributed by atoms with Crippen molar-refractivity contribution in [1.82, 2.24) is 10.2 Å². The lowest BCUT2D eigenvalue weighted by molar-refractivity contribution is 0.118. The van der Waals surface area contributed by atoms with Gasteiger partial charge in [-0.05, 0) is 26.3 Å². The molecule has 1 aliphatic carbocycles. The highest BCUT2D eigenvalue weighted by atomic mass is 15.2. The standard InChI is InChI=1S/C14H28N2/c1-4-11-15-12-13(3)16(5-2)14-9-7-6-8-10-14/h4,13-15H,1,5-12H2,2-3H3. The van der Waals surface area contributed by atoms with Crippen LogP contribution < -0.4 is 5.32 Å². The van der Waals surface area contributed by atoms with Crippen molar-refractivity contribution in [2.45, 2.75) is 58.0 Å². The van der Waals surface area contributed by atoms with Crippen LogP contribution in [0.3, 0.4) is 0 Å². The molecule has 1 saturated carbocycles. The molecule has 0 aromatic carbocycles. The molecule has 0 bridgehead atoms. The third-order valence-corrected chi connectivity index (χ3v) is 3.70. The van der Waals surface area contributed by atoms with Crippen LogP contribution in [-0.2, 0) is 0 Å². The van der Waals surface area contributed by atoms with Gasteiger partial charge in [-0.15, -0.1) is 6.58 Å². The highest BCUT2D eigenvalue weighted by Crippen LogP contribution is 2.23. The van der Waals surface area contributed by atoms with Crippen molar-refractivity contribution in [3.05, 3.63) is 12.7 Å². The van der Waals surface area contributed by atoms with Crippen LogP contribution in [0.15, 0.2) is 12.7 Å². The fraction of sp³-hybridized carbons (Fsp3) is 0.857. The molecule has 1 aliphatic rings. The van der Waals surface area contributed by atoms with Gasteiger partial charge in [-0.2, -0.15) is 0 Å². The Bertz CT molecular complexity index is 185. The zero-order valence-electron chi connectivity index (χ0n) is 11.0. The normalized spacial score (nSPS) is 19.9. The van der Waals surface area contributed by atoms with Crippen molar-refractivity contribution in [2.24, 2.45) is 0 Å². The fourth-order valence-corrected chi connectivity index (χ4v) is 2.85. The third kappa shape index (κ3) is 4.26. The first-order valence-electron chi connectivity index (χ1n) is 6.87. The van der Waals surface area contributed by atoms with E-state index in [1.54, 1.807) is 0 Å². The van der Waals surface area contributed by atoms with Gasteiger partial charge in [-0.3, -0.25) is 4.90 Å². The molecule has 0 saturated heterocycles. The van der Waals surface area contributed by atoms with Gasteiger partial charge in [0.2, 0.25) is 0 Å². The van der Waals surface area contributed by atoms with Crippen LogP contribution in [0, 0.1) is 0 Å². The van der Waals surface area contributed by atoms with Crippen molar-refractivity contribution >= 4 is 0 Å². The monoisotopic (exact) mass is 224 g/mol. The van der Waals surface area contributed by atoms with E-state index in [4.69, 9.17) is 0 Å². The summed E-state index contributed by atoms with van der Waals surface area (Å²) in [5, 5.41) is 3.43. The molecule has 0 heterocycles. The zero-order valence-corrected chi connectivity index (χ0v) is 11.0. The number of rotatable bonds is 7. The molecule has 1 atom stereocenters. The average molecular weight is 224 g/mol. The summed E-state index contributed by atoms with van der Waals surface area (Å²) < 4.78 is 0. The van der Waals surface area contributed by atoms with Gasteiger partial charge in [0.15, 0.2) is 0 Å². The Kier molecular flexibility index (Phi) is 6.74. The molecule has 0 aliphatic heterocycles. The summed E-state index contributed by atoms with van der Waals surface area (Å²) >= 11 is 0. The Hall–Kier alpha value is -0.340. The van der Waals surface area contributed by atoms with Crippen LogP contribution in [0.25, 0.3) is 0 Å². The van der Waals surface area contributed by atoms with Gasteiger partial charge in [0, 0.05) is 25.2 Å². The van der Waals surface area contributed by atoms with E-state index in [1.165, 1.54) is 38.6 Å². The number of nitrogens with zero attached hydrogens (tertiary/aromatic N) is 1. The van der Waals surface area contributed by atoms with E-state index in [2.05, 4.69) is 30.6 Å². The summed E-state index contributed by atoms with van der Waals surface area (Å²) in [5.74, 6) is 0. The first-order valence-corrected chi connectivity index (χ1v) is 6.87. The number of likely N-dealkylation sites (N-methyl/N-ethyl adjacent to an activating group) is 1. The number of nitrogens with one attached hydrogen (secondary N) is 1. The van der Waals surface area contributed by atoms with Gasteiger partial charge < -0.3 is 5.32 Å². The maximum Gasteiger partial charge on any atom is 0.0195 e. The predicted molar refractivity (Wildman–Crippen MR) is 71.8 cm³/mol. The molecule has 0 aromatic rings. The van der Waals surface area contributed by atoms with Gasteiger partial charge in [0.05, 0.1) is 0 Å². The van der Waals surface area contributed by atoms with Crippen molar-refractivity contribution in [3.8, 4) is 0 Å². The Labute approximate surface area is 101 Å². The first kappa shape index (κ1) is 13.7. The minimum Gasteiger partial charge on any atom is -0.312 e. The summed E-state index contributed by atoms with van der Waals surface area (Å²) in [4.78, 5) is 2.68. The Balaban J connectivity index is 2.35. The second-order valence-corrected chi connectivity index (χ2v) is 4.92. The minimum absolute atomic E-state index is 0.646. The lowest BCUT2D eigenvalue weighted by Crippen LogP contribution is -2.47. The van der Waals surface area contributed by atoms with Crippen LogP contribution in [0.1, 0.15) is 46.0 Å². The van der Waals surface area contributed by atoms with E-state index in [-0.39, 0.29) is 0 Å². The Morgan fingerprint density at radius 3 is 2.62 bits per heavy atom. The summed E-state index contributed by atoms with van der Waals surface area (Å²) in [6, 6.07) is 1.48. The van der Waals surface area contributed by atoms with Crippen molar-refractivity contribution in [3.63, 3.8) is 0 Å². The molecule has 0 radical (unpaired) electrons. The summed E-state index contributed by atoms with van der Waals surface area (Å²) in [6.45, 7) is 11.6. The predicted octanol–water partition coefficient (Wildman–Crippen LogP) is 2.81. The molecule has 1 fully saturated rings. The summed E-state index contributed by atoms with van der Waals surface area (Å²) in [6.07, 6.45) is 9.03. The molecule has 2 heteroatoms. The molecule has 0 aromatic heterocycles. The van der Waals surface area contributed by atoms with Crippen LogP contribution in [-0.4, -0.2) is 36.6 Å². The van der Waals surface area contributed by atoms with E-state index < -0.39 is 0 Å². The third-order valence-electron chi connectivity index (χ3n) is 3.70. The van der Waals surface area contributed by atoms with E-state index >= 15 is 0 Å². The zero-order chi connectivity index (χ0) is 11.8. The van der Waals surface area contributed by atoms with Gasteiger partial charge in [-0.25, -0.2) is 0 Å².